The molecule has 3 heterocycles. The third kappa shape index (κ3) is 2.35. The van der Waals surface area contributed by atoms with Crippen molar-refractivity contribution in [3.05, 3.63) is 30.2 Å². The van der Waals surface area contributed by atoms with Crippen molar-refractivity contribution in [3.63, 3.8) is 0 Å². The lowest BCUT2D eigenvalue weighted by Crippen LogP contribution is -2.49. The minimum absolute atomic E-state index is 0.477. The summed E-state index contributed by atoms with van der Waals surface area (Å²) in [6.07, 6.45) is 3.74. The number of carboxylic acid groups (broad SMARTS) is 1. The number of carbonyl (C=O) groups is 1. The highest BCUT2D eigenvalue weighted by atomic mass is 16.5. The first-order valence-electron chi connectivity index (χ1n) is 7.13. The second-order valence-electron chi connectivity index (χ2n) is 5.38. The van der Waals surface area contributed by atoms with Crippen LogP contribution in [0.25, 0.3) is 11.5 Å². The quantitative estimate of drug-likeness (QED) is 0.912. The van der Waals surface area contributed by atoms with Crippen molar-refractivity contribution in [3.8, 4) is 11.5 Å². The van der Waals surface area contributed by atoms with Gasteiger partial charge in [-0.2, -0.15) is 0 Å². The lowest BCUT2D eigenvalue weighted by Gasteiger charge is -2.33. The van der Waals surface area contributed by atoms with E-state index in [1.807, 2.05) is 11.8 Å². The fraction of sp³-hybridized carbons (Fsp3) is 0.467. The predicted octanol–water partition coefficient (Wildman–Crippen LogP) is 2.76. The number of carboxylic acids is 1. The molecule has 6 nitrogen and oxygen atoms in total. The molecule has 1 saturated heterocycles. The molecule has 1 atom stereocenters. The zero-order valence-electron chi connectivity index (χ0n) is 11.9. The Bertz CT molecular complexity index is 619. The maximum atomic E-state index is 11.6. The van der Waals surface area contributed by atoms with Gasteiger partial charge in [0, 0.05) is 12.6 Å². The van der Waals surface area contributed by atoms with Gasteiger partial charge in [0.05, 0.1) is 12.0 Å². The molecule has 0 bridgehead atoms. The van der Waals surface area contributed by atoms with Crippen molar-refractivity contribution >= 4 is 5.97 Å². The van der Waals surface area contributed by atoms with E-state index in [0.29, 0.717) is 30.9 Å². The highest BCUT2D eigenvalue weighted by Crippen LogP contribution is 2.34. The summed E-state index contributed by atoms with van der Waals surface area (Å²) in [5.41, 5.74) is -0.0496. The van der Waals surface area contributed by atoms with Crippen LogP contribution in [-0.2, 0) is 11.3 Å². The van der Waals surface area contributed by atoms with Gasteiger partial charge in [0.1, 0.15) is 5.54 Å². The molecule has 1 fully saturated rings. The molecular formula is C15H18N2O4. The fourth-order valence-corrected chi connectivity index (χ4v) is 3.08. The summed E-state index contributed by atoms with van der Waals surface area (Å²) in [7, 11) is 0. The molecule has 0 saturated carbocycles. The fourth-order valence-electron chi connectivity index (χ4n) is 3.08. The van der Waals surface area contributed by atoms with Crippen LogP contribution < -0.4 is 0 Å². The van der Waals surface area contributed by atoms with Crippen molar-refractivity contribution in [2.75, 3.05) is 6.54 Å². The molecule has 112 valence electrons. The van der Waals surface area contributed by atoms with Gasteiger partial charge < -0.3 is 14.0 Å². The number of rotatable bonds is 5. The summed E-state index contributed by atoms with van der Waals surface area (Å²) in [5, 5.41) is 13.6. The van der Waals surface area contributed by atoms with Gasteiger partial charge in [0.25, 0.3) is 0 Å². The smallest absolute Gasteiger partial charge is 0.324 e. The van der Waals surface area contributed by atoms with Crippen LogP contribution in [0.3, 0.4) is 0 Å². The second kappa shape index (κ2) is 5.37. The van der Waals surface area contributed by atoms with E-state index in [-0.39, 0.29) is 0 Å². The molecule has 0 radical (unpaired) electrons. The standard InChI is InChI=1S/C15H18N2O4/c1-2-15(14(18)19)6-4-7-17(15)10-11-9-13(21-16-11)12-5-3-8-20-12/h3,5,8-9H,2,4,6-7,10H2,1H3,(H,18,19). The first-order chi connectivity index (χ1) is 10.2. The Morgan fingerprint density at radius 1 is 1.52 bits per heavy atom. The predicted molar refractivity (Wildman–Crippen MR) is 74.5 cm³/mol. The number of furan rings is 1. The van der Waals surface area contributed by atoms with Gasteiger partial charge in [0.15, 0.2) is 5.76 Å². The molecule has 0 aliphatic carbocycles. The topological polar surface area (TPSA) is 79.7 Å². The summed E-state index contributed by atoms with van der Waals surface area (Å²) in [6, 6.07) is 5.39. The molecule has 0 aromatic carbocycles. The van der Waals surface area contributed by atoms with Crippen molar-refractivity contribution in [2.45, 2.75) is 38.3 Å². The Kier molecular flexibility index (Phi) is 3.55. The van der Waals surface area contributed by atoms with Crippen molar-refractivity contribution in [2.24, 2.45) is 0 Å². The first-order valence-corrected chi connectivity index (χ1v) is 7.13. The highest BCUT2D eigenvalue weighted by molar-refractivity contribution is 5.79. The summed E-state index contributed by atoms with van der Waals surface area (Å²) in [6.45, 7) is 3.16. The number of nitrogens with zero attached hydrogens (tertiary/aromatic N) is 2. The summed E-state index contributed by atoms with van der Waals surface area (Å²) in [4.78, 5) is 13.6. The van der Waals surface area contributed by atoms with Crippen LogP contribution in [-0.4, -0.2) is 33.2 Å². The maximum absolute atomic E-state index is 11.6. The molecular weight excluding hydrogens is 272 g/mol. The molecule has 1 unspecified atom stereocenters. The monoisotopic (exact) mass is 290 g/mol. The molecule has 0 spiro atoms. The van der Waals surface area contributed by atoms with Crippen LogP contribution >= 0.6 is 0 Å². The van der Waals surface area contributed by atoms with Crippen molar-refractivity contribution < 1.29 is 18.8 Å². The molecule has 1 aliphatic heterocycles. The number of aliphatic carboxylic acids is 1. The van der Waals surface area contributed by atoms with E-state index in [4.69, 9.17) is 8.94 Å². The zero-order chi connectivity index (χ0) is 14.9. The third-order valence-electron chi connectivity index (χ3n) is 4.28. The minimum atomic E-state index is -0.774. The summed E-state index contributed by atoms with van der Waals surface area (Å²) in [5.74, 6) is 0.430. The van der Waals surface area contributed by atoms with E-state index >= 15 is 0 Å². The summed E-state index contributed by atoms with van der Waals surface area (Å²) < 4.78 is 10.5. The van der Waals surface area contributed by atoms with Crippen LogP contribution in [0.1, 0.15) is 31.9 Å². The van der Waals surface area contributed by atoms with E-state index in [1.165, 1.54) is 0 Å². The van der Waals surface area contributed by atoms with Gasteiger partial charge in [-0.25, -0.2) is 0 Å². The largest absolute Gasteiger partial charge is 0.480 e. The summed E-state index contributed by atoms with van der Waals surface area (Å²) >= 11 is 0. The van der Waals surface area contributed by atoms with E-state index in [1.54, 1.807) is 24.5 Å². The lowest BCUT2D eigenvalue weighted by atomic mass is 9.93. The van der Waals surface area contributed by atoms with Gasteiger partial charge >= 0.3 is 5.97 Å². The van der Waals surface area contributed by atoms with E-state index in [9.17, 15) is 9.90 Å². The molecule has 2 aromatic heterocycles. The normalized spacial score (nSPS) is 22.7. The van der Waals surface area contributed by atoms with Crippen LogP contribution in [0.4, 0.5) is 0 Å². The van der Waals surface area contributed by atoms with Gasteiger partial charge in [-0.1, -0.05) is 12.1 Å². The molecule has 1 aliphatic rings. The second-order valence-corrected chi connectivity index (χ2v) is 5.38. The number of aromatic nitrogens is 1. The highest BCUT2D eigenvalue weighted by Gasteiger charge is 2.46. The van der Waals surface area contributed by atoms with E-state index < -0.39 is 11.5 Å². The SMILES string of the molecule is CCC1(C(=O)O)CCCN1Cc1cc(-c2ccco2)on1. The Hall–Kier alpha value is -2.08. The van der Waals surface area contributed by atoms with Gasteiger partial charge in [-0.15, -0.1) is 0 Å². The molecule has 6 heteroatoms. The average molecular weight is 290 g/mol. The van der Waals surface area contributed by atoms with Crippen molar-refractivity contribution in [1.82, 2.24) is 10.1 Å². The van der Waals surface area contributed by atoms with Crippen LogP contribution in [0.2, 0.25) is 0 Å². The number of likely N-dealkylation sites (tertiary alicyclic amines) is 1. The lowest BCUT2D eigenvalue weighted by molar-refractivity contribution is -0.150. The first kappa shape index (κ1) is 13.9. The number of hydrogen-bond acceptors (Lipinski definition) is 5. The zero-order valence-corrected chi connectivity index (χ0v) is 11.9. The van der Waals surface area contributed by atoms with Crippen LogP contribution in [0, 0.1) is 0 Å². The Labute approximate surface area is 122 Å². The molecule has 3 rings (SSSR count). The van der Waals surface area contributed by atoms with Gasteiger partial charge in [-0.05, 0) is 37.9 Å². The third-order valence-corrected chi connectivity index (χ3v) is 4.28. The average Bonchev–Trinajstić information content (AvgIpc) is 3.19. The maximum Gasteiger partial charge on any atom is 0.324 e. The Morgan fingerprint density at radius 2 is 2.38 bits per heavy atom. The molecule has 2 aromatic rings. The molecule has 21 heavy (non-hydrogen) atoms. The Morgan fingerprint density at radius 3 is 3.05 bits per heavy atom. The number of hydrogen-bond donors (Lipinski definition) is 1. The van der Waals surface area contributed by atoms with Crippen LogP contribution in [0.5, 0.6) is 0 Å². The van der Waals surface area contributed by atoms with Gasteiger partial charge in [0.2, 0.25) is 5.76 Å². The molecule has 1 N–H and O–H groups in total. The van der Waals surface area contributed by atoms with Crippen molar-refractivity contribution in [1.29, 1.82) is 0 Å². The minimum Gasteiger partial charge on any atom is -0.480 e. The van der Waals surface area contributed by atoms with E-state index in [2.05, 4.69) is 5.16 Å². The molecule has 0 amide bonds. The Balaban J connectivity index is 1.79. The van der Waals surface area contributed by atoms with Crippen LogP contribution in [0.15, 0.2) is 33.4 Å². The van der Waals surface area contributed by atoms with E-state index in [0.717, 1.165) is 18.7 Å². The van der Waals surface area contributed by atoms with Gasteiger partial charge in [-0.3, -0.25) is 9.69 Å².